The minimum absolute atomic E-state index is 0.0288. The number of halogens is 1. The molecule has 142 valence electrons. The summed E-state index contributed by atoms with van der Waals surface area (Å²) in [6.45, 7) is 4.71. The number of hydrogen-bond donors (Lipinski definition) is 0. The lowest BCUT2D eigenvalue weighted by atomic mass is 9.82. The highest BCUT2D eigenvalue weighted by atomic mass is 79.9. The molecule has 0 radical (unpaired) electrons. The Morgan fingerprint density at radius 1 is 0.759 bits per heavy atom. The first-order valence-corrected chi connectivity index (χ1v) is 11.1. The first-order chi connectivity index (χ1) is 14.1. The number of aromatic nitrogens is 1. The van der Waals surface area contributed by atoms with Gasteiger partial charge in [0.1, 0.15) is 0 Å². The zero-order valence-electron chi connectivity index (χ0n) is 16.7. The molecule has 0 bridgehead atoms. The maximum Gasteiger partial charge on any atom is 0.0544 e. The molecular weight excluding hydrogens is 418 g/mol. The summed E-state index contributed by atoms with van der Waals surface area (Å²) in [7, 11) is 0. The molecule has 1 nitrogen and oxygen atoms in total. The lowest BCUT2D eigenvalue weighted by Crippen LogP contribution is -2.14. The second kappa shape index (κ2) is 5.96. The third-order valence-electron chi connectivity index (χ3n) is 6.74. The smallest absolute Gasteiger partial charge is 0.0544 e. The van der Waals surface area contributed by atoms with Gasteiger partial charge in [-0.15, -0.1) is 0 Å². The summed E-state index contributed by atoms with van der Waals surface area (Å²) in [6, 6.07) is 22.6. The van der Waals surface area contributed by atoms with Crippen LogP contribution in [0.1, 0.15) is 37.8 Å². The van der Waals surface area contributed by atoms with Crippen LogP contribution in [0.15, 0.2) is 77.3 Å². The van der Waals surface area contributed by atoms with Crippen molar-refractivity contribution in [1.29, 1.82) is 0 Å². The molecule has 2 aliphatic rings. The van der Waals surface area contributed by atoms with Gasteiger partial charge in [-0.05, 0) is 63.9 Å². The lowest BCUT2D eigenvalue weighted by Gasteiger charge is -2.21. The Kier molecular flexibility index (Phi) is 3.56. The van der Waals surface area contributed by atoms with Gasteiger partial charge in [-0.1, -0.05) is 78.3 Å². The first kappa shape index (κ1) is 17.3. The van der Waals surface area contributed by atoms with E-state index in [2.05, 4.69) is 107 Å². The summed E-state index contributed by atoms with van der Waals surface area (Å²) >= 11 is 3.66. The van der Waals surface area contributed by atoms with Crippen LogP contribution in [0.25, 0.3) is 38.6 Å². The van der Waals surface area contributed by atoms with Crippen LogP contribution < -0.4 is 0 Å². The van der Waals surface area contributed by atoms with Crippen LogP contribution in [0.5, 0.6) is 0 Å². The summed E-state index contributed by atoms with van der Waals surface area (Å²) in [4.78, 5) is 0. The van der Waals surface area contributed by atoms with Crippen molar-refractivity contribution in [3.63, 3.8) is 0 Å². The molecule has 0 unspecified atom stereocenters. The number of allylic oxidation sites excluding steroid dienone is 4. The Bertz CT molecular complexity index is 1380. The monoisotopic (exact) mass is 439 g/mol. The van der Waals surface area contributed by atoms with Gasteiger partial charge in [-0.3, -0.25) is 0 Å². The molecule has 0 N–H and O–H groups in total. The van der Waals surface area contributed by atoms with E-state index in [0.717, 1.165) is 12.8 Å². The van der Waals surface area contributed by atoms with Gasteiger partial charge < -0.3 is 4.57 Å². The molecule has 0 fully saturated rings. The van der Waals surface area contributed by atoms with E-state index in [9.17, 15) is 0 Å². The van der Waals surface area contributed by atoms with Crippen molar-refractivity contribution in [2.24, 2.45) is 0 Å². The van der Waals surface area contributed by atoms with E-state index in [4.69, 9.17) is 0 Å². The van der Waals surface area contributed by atoms with Gasteiger partial charge in [0, 0.05) is 21.9 Å². The van der Waals surface area contributed by atoms with E-state index in [0.29, 0.717) is 0 Å². The largest absolute Gasteiger partial charge is 0.313 e. The van der Waals surface area contributed by atoms with E-state index >= 15 is 0 Å². The summed E-state index contributed by atoms with van der Waals surface area (Å²) in [6.07, 6.45) is 6.57. The van der Waals surface area contributed by atoms with Crippen LogP contribution >= 0.6 is 15.9 Å². The molecule has 2 aliphatic carbocycles. The molecule has 6 rings (SSSR count). The van der Waals surface area contributed by atoms with Gasteiger partial charge in [0.15, 0.2) is 0 Å². The van der Waals surface area contributed by atoms with Gasteiger partial charge in [0.2, 0.25) is 0 Å². The van der Waals surface area contributed by atoms with Crippen molar-refractivity contribution >= 4 is 43.4 Å². The van der Waals surface area contributed by atoms with E-state index in [1.165, 1.54) is 54.2 Å². The average molecular weight is 440 g/mol. The summed E-state index contributed by atoms with van der Waals surface area (Å²) in [5, 5.41) is 2.70. The summed E-state index contributed by atoms with van der Waals surface area (Å²) in [5.74, 6) is 0. The number of benzene rings is 3. The van der Waals surface area contributed by atoms with Gasteiger partial charge in [0.05, 0.1) is 11.0 Å². The van der Waals surface area contributed by atoms with Crippen LogP contribution in [-0.4, -0.2) is 4.57 Å². The Hall–Kier alpha value is -2.58. The van der Waals surface area contributed by atoms with Crippen LogP contribution in [0, 0.1) is 0 Å². The highest BCUT2D eigenvalue weighted by Gasteiger charge is 2.36. The van der Waals surface area contributed by atoms with Crippen LogP contribution in [0.2, 0.25) is 0 Å². The molecule has 3 aromatic carbocycles. The van der Waals surface area contributed by atoms with Crippen LogP contribution in [0.3, 0.4) is 0 Å². The quantitative estimate of drug-likeness (QED) is 0.283. The number of rotatable bonds is 1. The zero-order valence-corrected chi connectivity index (χ0v) is 18.3. The normalized spacial score (nSPS) is 17.2. The number of fused-ring (bicyclic) bond motifs is 6. The molecule has 1 aromatic heterocycles. The van der Waals surface area contributed by atoms with E-state index in [1.807, 2.05) is 0 Å². The van der Waals surface area contributed by atoms with Crippen LogP contribution in [-0.2, 0) is 5.41 Å². The van der Waals surface area contributed by atoms with E-state index < -0.39 is 0 Å². The third kappa shape index (κ3) is 2.33. The fourth-order valence-electron chi connectivity index (χ4n) is 5.26. The highest BCUT2D eigenvalue weighted by molar-refractivity contribution is 9.11. The van der Waals surface area contributed by atoms with Gasteiger partial charge in [-0.25, -0.2) is 0 Å². The van der Waals surface area contributed by atoms with Crippen molar-refractivity contribution in [1.82, 2.24) is 4.57 Å². The van der Waals surface area contributed by atoms with E-state index in [1.54, 1.807) is 0 Å². The molecule has 0 saturated heterocycles. The molecule has 0 spiro atoms. The molecule has 0 amide bonds. The van der Waals surface area contributed by atoms with Crippen molar-refractivity contribution in [3.8, 4) is 11.1 Å². The Morgan fingerprint density at radius 3 is 2.38 bits per heavy atom. The van der Waals surface area contributed by atoms with Gasteiger partial charge in [-0.2, -0.15) is 0 Å². The second-order valence-electron chi connectivity index (χ2n) is 8.71. The van der Waals surface area contributed by atoms with Crippen molar-refractivity contribution < 1.29 is 0 Å². The molecule has 0 saturated carbocycles. The summed E-state index contributed by atoms with van der Waals surface area (Å²) < 4.78 is 3.76. The second-order valence-corrected chi connectivity index (χ2v) is 9.73. The Morgan fingerprint density at radius 2 is 1.55 bits per heavy atom. The Labute approximate surface area is 179 Å². The Balaban J connectivity index is 1.74. The fraction of sp³-hybridized carbons (Fsp3) is 0.185. The summed E-state index contributed by atoms with van der Waals surface area (Å²) in [5.41, 5.74) is 9.65. The molecular formula is C27H22BrN. The van der Waals surface area contributed by atoms with E-state index in [-0.39, 0.29) is 5.41 Å². The molecule has 4 aromatic rings. The molecule has 0 atom stereocenters. The van der Waals surface area contributed by atoms with Crippen LogP contribution in [0.4, 0.5) is 0 Å². The molecule has 1 heterocycles. The maximum atomic E-state index is 3.66. The van der Waals surface area contributed by atoms with Crippen molar-refractivity contribution in [2.45, 2.75) is 32.1 Å². The van der Waals surface area contributed by atoms with Crippen molar-refractivity contribution in [2.75, 3.05) is 0 Å². The minimum atomic E-state index is 0.0288. The minimum Gasteiger partial charge on any atom is -0.313 e. The number of nitrogens with zero attached hydrogens (tertiary/aromatic N) is 1. The molecule has 2 heteroatoms. The standard InChI is InChI=1S/C27H22BrN/c1-27(2)23-9-5-3-7-19(23)21-16-26-22(15-24(21)27)20-8-4-6-10-25(20)29(26)18-13-11-17(28)12-14-18/h3-11,13,15-16H,12,14H2,1-2H3. The maximum absolute atomic E-state index is 3.66. The first-order valence-electron chi connectivity index (χ1n) is 10.3. The lowest BCUT2D eigenvalue weighted by molar-refractivity contribution is 0.661. The SMILES string of the molecule is CC1(C)c2ccccc2-c2cc3c(cc21)c1ccccc1n3C1=CC=C(Br)CC1. The predicted molar refractivity (Wildman–Crippen MR) is 128 cm³/mol. The van der Waals surface area contributed by atoms with Gasteiger partial charge in [0.25, 0.3) is 0 Å². The fourth-order valence-corrected chi connectivity index (χ4v) is 5.59. The highest BCUT2D eigenvalue weighted by Crippen LogP contribution is 2.51. The molecule has 29 heavy (non-hydrogen) atoms. The van der Waals surface area contributed by atoms with Gasteiger partial charge >= 0.3 is 0 Å². The average Bonchev–Trinajstić information content (AvgIpc) is 3.18. The topological polar surface area (TPSA) is 4.93 Å². The zero-order chi connectivity index (χ0) is 19.8. The number of hydrogen-bond acceptors (Lipinski definition) is 0. The van der Waals surface area contributed by atoms with Crippen molar-refractivity contribution in [3.05, 3.63) is 88.4 Å². The molecule has 0 aliphatic heterocycles. The third-order valence-corrected chi connectivity index (χ3v) is 7.40. The predicted octanol–water partition coefficient (Wildman–Crippen LogP) is 8.01. The number of para-hydroxylation sites is 1.